The van der Waals surface area contributed by atoms with Crippen molar-refractivity contribution in [3.05, 3.63) is 23.2 Å². The molecule has 0 radical (unpaired) electrons. The fourth-order valence-corrected chi connectivity index (χ4v) is 3.03. The van der Waals surface area contributed by atoms with Gasteiger partial charge in [0.25, 0.3) is 0 Å². The van der Waals surface area contributed by atoms with Crippen molar-refractivity contribution >= 4 is 34.2 Å². The van der Waals surface area contributed by atoms with Crippen LogP contribution < -0.4 is 10.1 Å². The molecule has 5 heteroatoms. The van der Waals surface area contributed by atoms with Gasteiger partial charge in [-0.2, -0.15) is 0 Å². The molecular formula is C13H17ClN2OS. The molecule has 1 aliphatic rings. The molecule has 1 heterocycles. The third kappa shape index (κ3) is 2.93. The number of ether oxygens (including phenoxy) is 1. The Bertz CT molecular complexity index is 478. The van der Waals surface area contributed by atoms with Crippen molar-refractivity contribution in [1.29, 1.82) is 0 Å². The largest absolute Gasteiger partial charge is 0.495 e. The van der Waals surface area contributed by atoms with Crippen molar-refractivity contribution in [2.24, 2.45) is 4.99 Å². The molecule has 2 rings (SSSR count). The zero-order valence-electron chi connectivity index (χ0n) is 10.8. The van der Waals surface area contributed by atoms with Gasteiger partial charge in [-0.1, -0.05) is 30.3 Å². The molecule has 1 N–H and O–H groups in total. The van der Waals surface area contributed by atoms with Crippen molar-refractivity contribution < 1.29 is 4.74 Å². The summed E-state index contributed by atoms with van der Waals surface area (Å²) in [6.07, 6.45) is 1.04. The average Bonchev–Trinajstić information content (AvgIpc) is 2.72. The zero-order valence-corrected chi connectivity index (χ0v) is 12.4. The molecule has 0 spiro atoms. The van der Waals surface area contributed by atoms with E-state index in [1.807, 2.05) is 18.2 Å². The van der Waals surface area contributed by atoms with Crippen LogP contribution in [0.4, 0.5) is 5.69 Å². The van der Waals surface area contributed by atoms with Crippen molar-refractivity contribution in [3.8, 4) is 5.75 Å². The number of amidine groups is 1. The van der Waals surface area contributed by atoms with Crippen LogP contribution in [0.25, 0.3) is 0 Å². The quantitative estimate of drug-likeness (QED) is 0.910. The van der Waals surface area contributed by atoms with Gasteiger partial charge < -0.3 is 10.1 Å². The van der Waals surface area contributed by atoms with Crippen LogP contribution in [0.3, 0.4) is 0 Å². The lowest BCUT2D eigenvalue weighted by Gasteiger charge is -2.15. The molecule has 1 atom stereocenters. The Balaban J connectivity index is 2.20. The molecule has 1 aliphatic heterocycles. The van der Waals surface area contributed by atoms with E-state index in [-0.39, 0.29) is 5.54 Å². The van der Waals surface area contributed by atoms with Crippen LogP contribution >= 0.6 is 23.4 Å². The zero-order chi connectivity index (χ0) is 13.2. The van der Waals surface area contributed by atoms with E-state index in [1.54, 1.807) is 18.9 Å². The normalized spacial score (nSPS) is 22.8. The van der Waals surface area contributed by atoms with Crippen LogP contribution in [-0.2, 0) is 0 Å². The Morgan fingerprint density at radius 2 is 2.33 bits per heavy atom. The Labute approximate surface area is 117 Å². The minimum atomic E-state index is 0.0405. The van der Waals surface area contributed by atoms with Gasteiger partial charge in [0.1, 0.15) is 5.75 Å². The minimum absolute atomic E-state index is 0.0405. The summed E-state index contributed by atoms with van der Waals surface area (Å²) in [7, 11) is 1.65. The minimum Gasteiger partial charge on any atom is -0.495 e. The summed E-state index contributed by atoms with van der Waals surface area (Å²) in [5, 5.41) is 4.91. The lowest BCUT2D eigenvalue weighted by Crippen LogP contribution is -2.20. The Kier molecular flexibility index (Phi) is 4.07. The van der Waals surface area contributed by atoms with E-state index in [1.165, 1.54) is 0 Å². The van der Waals surface area contributed by atoms with E-state index in [2.05, 4.69) is 19.2 Å². The van der Waals surface area contributed by atoms with Gasteiger partial charge >= 0.3 is 0 Å². The summed E-state index contributed by atoms with van der Waals surface area (Å²) >= 11 is 7.73. The highest BCUT2D eigenvalue weighted by atomic mass is 35.5. The monoisotopic (exact) mass is 284 g/mol. The van der Waals surface area contributed by atoms with Crippen molar-refractivity contribution in [1.82, 2.24) is 0 Å². The summed E-state index contributed by atoms with van der Waals surface area (Å²) in [5.41, 5.74) is 0.898. The van der Waals surface area contributed by atoms with Crippen LogP contribution in [0, 0.1) is 0 Å². The topological polar surface area (TPSA) is 33.6 Å². The molecule has 0 aliphatic carbocycles. The number of rotatable bonds is 3. The fraction of sp³-hybridized carbons (Fsp3) is 0.462. The molecule has 0 aromatic heterocycles. The van der Waals surface area contributed by atoms with Gasteiger partial charge in [-0.15, -0.1) is 0 Å². The number of thioether (sulfide) groups is 1. The first-order chi connectivity index (χ1) is 8.56. The molecule has 1 aromatic rings. The van der Waals surface area contributed by atoms with E-state index < -0.39 is 0 Å². The van der Waals surface area contributed by atoms with E-state index in [9.17, 15) is 0 Å². The molecule has 1 unspecified atom stereocenters. The number of hydrogen-bond acceptors (Lipinski definition) is 4. The highest BCUT2D eigenvalue weighted by molar-refractivity contribution is 8.14. The maximum absolute atomic E-state index is 6.00. The smallest absolute Gasteiger partial charge is 0.161 e. The summed E-state index contributed by atoms with van der Waals surface area (Å²) in [6.45, 7) is 4.33. The van der Waals surface area contributed by atoms with Crippen LogP contribution in [-0.4, -0.2) is 23.6 Å². The SMILES string of the molecule is CCC1(C)CSC(Nc2cc(Cl)ccc2OC)=N1. The first-order valence-corrected chi connectivity index (χ1v) is 7.26. The number of hydrogen-bond donors (Lipinski definition) is 1. The second-order valence-corrected chi connectivity index (χ2v) is 5.93. The van der Waals surface area contributed by atoms with Gasteiger partial charge in [0.2, 0.25) is 0 Å². The lowest BCUT2D eigenvalue weighted by molar-refractivity contribution is 0.417. The number of benzene rings is 1. The predicted octanol–water partition coefficient (Wildman–Crippen LogP) is 4.03. The lowest BCUT2D eigenvalue weighted by atomic mass is 10.0. The first kappa shape index (κ1) is 13.6. The van der Waals surface area contributed by atoms with Crippen molar-refractivity contribution in [3.63, 3.8) is 0 Å². The highest BCUT2D eigenvalue weighted by Crippen LogP contribution is 2.33. The number of nitrogens with zero attached hydrogens (tertiary/aromatic N) is 1. The van der Waals surface area contributed by atoms with Crippen LogP contribution in [0.1, 0.15) is 20.3 Å². The van der Waals surface area contributed by atoms with E-state index in [4.69, 9.17) is 21.3 Å². The molecule has 0 fully saturated rings. The maximum atomic E-state index is 6.00. The summed E-state index contributed by atoms with van der Waals surface area (Å²) in [5.74, 6) is 1.78. The third-order valence-corrected chi connectivity index (χ3v) is 4.52. The standard InChI is InChI=1S/C13H17ClN2OS/c1-4-13(2)8-18-12(16-13)15-10-7-9(14)5-6-11(10)17-3/h5-7H,4,8H2,1-3H3,(H,15,16). The molecule has 0 bridgehead atoms. The van der Waals surface area contributed by atoms with Gasteiger partial charge in [0, 0.05) is 10.8 Å². The summed E-state index contributed by atoms with van der Waals surface area (Å²) in [4.78, 5) is 4.71. The highest BCUT2D eigenvalue weighted by Gasteiger charge is 2.29. The molecule has 0 saturated heterocycles. The summed E-state index contributed by atoms with van der Waals surface area (Å²) < 4.78 is 5.30. The number of aliphatic imine (C=N–C) groups is 1. The van der Waals surface area contributed by atoms with Gasteiger partial charge in [-0.05, 0) is 31.5 Å². The second kappa shape index (κ2) is 5.41. The number of nitrogens with one attached hydrogen (secondary N) is 1. The van der Waals surface area contributed by atoms with Crippen LogP contribution in [0.5, 0.6) is 5.75 Å². The maximum Gasteiger partial charge on any atom is 0.161 e. The first-order valence-electron chi connectivity index (χ1n) is 5.89. The van der Waals surface area contributed by atoms with Gasteiger partial charge in [0.15, 0.2) is 5.17 Å². The molecule has 0 saturated carbocycles. The molecule has 0 amide bonds. The predicted molar refractivity (Wildman–Crippen MR) is 80.2 cm³/mol. The van der Waals surface area contributed by atoms with E-state index in [0.717, 1.165) is 28.8 Å². The Morgan fingerprint density at radius 1 is 1.56 bits per heavy atom. The molecule has 18 heavy (non-hydrogen) atoms. The van der Waals surface area contributed by atoms with Crippen LogP contribution in [0.2, 0.25) is 5.02 Å². The number of methoxy groups -OCH3 is 1. The fourth-order valence-electron chi connectivity index (χ4n) is 1.67. The molecule has 1 aromatic carbocycles. The van der Waals surface area contributed by atoms with Crippen LogP contribution in [0.15, 0.2) is 23.2 Å². The molecule has 3 nitrogen and oxygen atoms in total. The Morgan fingerprint density at radius 3 is 2.94 bits per heavy atom. The molecule has 98 valence electrons. The van der Waals surface area contributed by atoms with E-state index >= 15 is 0 Å². The second-order valence-electron chi connectivity index (χ2n) is 4.53. The van der Waals surface area contributed by atoms with Gasteiger partial charge in [-0.3, -0.25) is 4.99 Å². The third-order valence-electron chi connectivity index (χ3n) is 3.06. The van der Waals surface area contributed by atoms with Crippen molar-refractivity contribution in [2.75, 3.05) is 18.2 Å². The van der Waals surface area contributed by atoms with Crippen molar-refractivity contribution in [2.45, 2.75) is 25.8 Å². The van der Waals surface area contributed by atoms with E-state index in [0.29, 0.717) is 5.02 Å². The van der Waals surface area contributed by atoms with Gasteiger partial charge in [-0.25, -0.2) is 0 Å². The number of anilines is 1. The Hall–Kier alpha value is -0.870. The molecular weight excluding hydrogens is 268 g/mol. The van der Waals surface area contributed by atoms with Gasteiger partial charge in [0.05, 0.1) is 18.3 Å². The average molecular weight is 285 g/mol. The number of halogens is 1. The summed E-state index contributed by atoms with van der Waals surface area (Å²) in [6, 6.07) is 5.51.